The molecule has 0 aliphatic carbocycles. The molecule has 0 unspecified atom stereocenters. The highest BCUT2D eigenvalue weighted by Crippen LogP contribution is 2.41. The van der Waals surface area contributed by atoms with Crippen molar-refractivity contribution < 1.29 is 4.74 Å². The molecule has 0 aliphatic rings. The predicted molar refractivity (Wildman–Crippen MR) is 67.4 cm³/mol. The average Bonchev–Trinajstić information content (AvgIpc) is 1.85. The van der Waals surface area contributed by atoms with Crippen molar-refractivity contribution in [1.29, 1.82) is 0 Å². The van der Waals surface area contributed by atoms with Crippen LogP contribution in [0.25, 0.3) is 0 Å². The van der Waals surface area contributed by atoms with Crippen LogP contribution in [0, 0.1) is 5.92 Å². The van der Waals surface area contributed by atoms with Gasteiger partial charge in [0.1, 0.15) is 3.41 Å². The summed E-state index contributed by atoms with van der Waals surface area (Å²) >= 11 is 15.1. The van der Waals surface area contributed by atoms with Crippen molar-refractivity contribution in [1.82, 2.24) is 0 Å². The van der Waals surface area contributed by atoms with Gasteiger partial charge in [-0.3, -0.25) is 0 Å². The van der Waals surface area contributed by atoms with Crippen LogP contribution in [0.2, 0.25) is 0 Å². The standard InChI is InChI=1S/C7H14OS4/c1-4-8-6(9)12-7(10,11)5(2)3/h5,10-11H,4H2,1-3H3. The van der Waals surface area contributed by atoms with E-state index in [9.17, 15) is 0 Å². The first-order chi connectivity index (χ1) is 5.40. The average molecular weight is 242 g/mol. The van der Waals surface area contributed by atoms with Crippen LogP contribution in [0.15, 0.2) is 0 Å². The van der Waals surface area contributed by atoms with Crippen LogP contribution in [0.4, 0.5) is 0 Å². The summed E-state index contributed by atoms with van der Waals surface area (Å²) in [6.45, 7) is 6.59. The zero-order valence-corrected chi connectivity index (χ0v) is 10.8. The van der Waals surface area contributed by atoms with E-state index in [1.165, 1.54) is 11.8 Å². The third-order valence-electron chi connectivity index (χ3n) is 1.25. The van der Waals surface area contributed by atoms with Gasteiger partial charge in [-0.25, -0.2) is 0 Å². The molecule has 0 rings (SSSR count). The molecule has 1 nitrogen and oxygen atoms in total. The molecule has 0 saturated carbocycles. The number of thiol groups is 2. The molecule has 0 heterocycles. The fourth-order valence-corrected chi connectivity index (χ4v) is 2.43. The van der Waals surface area contributed by atoms with Crippen molar-refractivity contribution in [2.75, 3.05) is 6.61 Å². The Morgan fingerprint density at radius 1 is 1.58 bits per heavy atom. The molecule has 0 N–H and O–H groups in total. The lowest BCUT2D eigenvalue weighted by atomic mass is 10.3. The smallest absolute Gasteiger partial charge is 0.222 e. The maximum absolute atomic E-state index is 5.12. The summed E-state index contributed by atoms with van der Waals surface area (Å²) in [5, 5.41) is 0. The van der Waals surface area contributed by atoms with Crippen molar-refractivity contribution in [3.63, 3.8) is 0 Å². The molecular formula is C7H14OS4. The lowest BCUT2D eigenvalue weighted by Crippen LogP contribution is -2.19. The van der Waals surface area contributed by atoms with Gasteiger partial charge in [0.25, 0.3) is 0 Å². The molecule has 0 aromatic carbocycles. The Morgan fingerprint density at radius 2 is 2.08 bits per heavy atom. The van der Waals surface area contributed by atoms with Gasteiger partial charge in [0.15, 0.2) is 0 Å². The topological polar surface area (TPSA) is 9.23 Å². The maximum atomic E-state index is 5.12. The van der Waals surface area contributed by atoms with Gasteiger partial charge in [0.05, 0.1) is 6.61 Å². The van der Waals surface area contributed by atoms with Crippen molar-refractivity contribution in [2.45, 2.75) is 24.2 Å². The number of hydrogen-bond acceptors (Lipinski definition) is 5. The highest BCUT2D eigenvalue weighted by molar-refractivity contribution is 8.35. The normalized spacial score (nSPS) is 11.8. The lowest BCUT2D eigenvalue weighted by Gasteiger charge is -2.25. The highest BCUT2D eigenvalue weighted by atomic mass is 32.2. The first kappa shape index (κ1) is 12.9. The van der Waals surface area contributed by atoms with Crippen LogP contribution < -0.4 is 0 Å². The Bertz CT molecular complexity index is 155. The summed E-state index contributed by atoms with van der Waals surface area (Å²) in [6.07, 6.45) is 0. The lowest BCUT2D eigenvalue weighted by molar-refractivity contribution is 0.346. The molecule has 0 aromatic heterocycles. The van der Waals surface area contributed by atoms with Crippen LogP contribution >= 0.6 is 49.2 Å². The molecule has 0 bridgehead atoms. The van der Waals surface area contributed by atoms with Gasteiger partial charge in [-0.1, -0.05) is 13.8 Å². The number of hydrogen-bond donors (Lipinski definition) is 2. The number of ether oxygens (including phenoxy) is 1. The highest BCUT2D eigenvalue weighted by Gasteiger charge is 2.27. The monoisotopic (exact) mass is 242 g/mol. The number of thioether (sulfide) groups is 1. The molecule has 72 valence electrons. The minimum absolute atomic E-state index is 0.326. The largest absolute Gasteiger partial charge is 0.479 e. The van der Waals surface area contributed by atoms with E-state index in [0.29, 0.717) is 16.9 Å². The second kappa shape index (κ2) is 5.62. The first-order valence-electron chi connectivity index (χ1n) is 3.70. The SMILES string of the molecule is CCOC(=S)SC(S)(S)C(C)C. The Balaban J connectivity index is 3.97. The van der Waals surface area contributed by atoms with Crippen LogP contribution in [0.3, 0.4) is 0 Å². The van der Waals surface area contributed by atoms with Crippen LogP contribution in [-0.2, 0) is 4.74 Å². The van der Waals surface area contributed by atoms with Gasteiger partial charge >= 0.3 is 0 Å². The molecular weight excluding hydrogens is 228 g/mol. The molecule has 0 atom stereocenters. The molecule has 0 aromatic rings. The zero-order valence-electron chi connectivity index (χ0n) is 7.40. The van der Waals surface area contributed by atoms with Crippen molar-refractivity contribution in [2.24, 2.45) is 5.92 Å². The molecule has 0 radical (unpaired) electrons. The van der Waals surface area contributed by atoms with Crippen LogP contribution in [0.5, 0.6) is 0 Å². The first-order valence-corrected chi connectivity index (χ1v) is 5.82. The van der Waals surface area contributed by atoms with Gasteiger partial charge in [-0.2, -0.15) is 25.3 Å². The quantitative estimate of drug-likeness (QED) is 0.447. The second-order valence-corrected chi connectivity index (χ2v) is 6.82. The maximum Gasteiger partial charge on any atom is 0.222 e. The van der Waals surface area contributed by atoms with Gasteiger partial charge < -0.3 is 4.74 Å². The summed E-state index contributed by atoms with van der Waals surface area (Å²) in [4.78, 5) is 0. The zero-order chi connectivity index (χ0) is 9.78. The van der Waals surface area contributed by atoms with Crippen molar-refractivity contribution >= 4 is 53.6 Å². The molecule has 0 saturated heterocycles. The molecule has 0 fully saturated rings. The summed E-state index contributed by atoms with van der Waals surface area (Å²) in [5.41, 5.74) is 0. The second-order valence-electron chi connectivity index (χ2n) is 2.60. The van der Waals surface area contributed by atoms with E-state index < -0.39 is 3.41 Å². The van der Waals surface area contributed by atoms with Crippen LogP contribution in [0.1, 0.15) is 20.8 Å². The Hall–Kier alpha value is 0.940. The summed E-state index contributed by atoms with van der Waals surface area (Å²) < 4.78 is 5.20. The van der Waals surface area contributed by atoms with E-state index in [4.69, 9.17) is 17.0 Å². The minimum atomic E-state index is -0.438. The van der Waals surface area contributed by atoms with E-state index in [1.54, 1.807) is 0 Å². The summed E-state index contributed by atoms with van der Waals surface area (Å²) in [7, 11) is 0. The van der Waals surface area contributed by atoms with Crippen molar-refractivity contribution in [3.05, 3.63) is 0 Å². The van der Waals surface area contributed by atoms with E-state index in [1.807, 2.05) is 20.8 Å². The number of rotatable bonds is 3. The van der Waals surface area contributed by atoms with E-state index in [-0.39, 0.29) is 0 Å². The summed E-state index contributed by atoms with van der Waals surface area (Å²) in [5.74, 6) is 0.326. The fourth-order valence-electron chi connectivity index (χ4n) is 0.388. The van der Waals surface area contributed by atoms with E-state index in [2.05, 4.69) is 25.3 Å². The van der Waals surface area contributed by atoms with E-state index >= 15 is 0 Å². The predicted octanol–water partition coefficient (Wildman–Crippen LogP) is 3.21. The molecule has 0 amide bonds. The van der Waals surface area contributed by atoms with Gasteiger partial charge in [0.2, 0.25) is 4.38 Å². The Labute approximate surface area is 94.8 Å². The van der Waals surface area contributed by atoms with Gasteiger partial charge in [-0.15, -0.1) is 0 Å². The Morgan fingerprint density at radius 3 is 2.42 bits per heavy atom. The van der Waals surface area contributed by atoms with Crippen LogP contribution in [-0.4, -0.2) is 14.4 Å². The van der Waals surface area contributed by atoms with E-state index in [0.717, 1.165) is 0 Å². The third-order valence-corrected chi connectivity index (χ3v) is 4.25. The van der Waals surface area contributed by atoms with Crippen molar-refractivity contribution in [3.8, 4) is 0 Å². The Kier molecular flexibility index (Phi) is 6.06. The number of thiocarbonyl (C=S) groups is 1. The molecule has 0 spiro atoms. The molecule has 5 heteroatoms. The summed E-state index contributed by atoms with van der Waals surface area (Å²) in [6, 6.07) is 0. The van der Waals surface area contributed by atoms with Gasteiger partial charge in [0, 0.05) is 0 Å². The minimum Gasteiger partial charge on any atom is -0.479 e. The molecule has 12 heavy (non-hydrogen) atoms. The third kappa shape index (κ3) is 4.84. The molecule has 0 aliphatic heterocycles. The fraction of sp³-hybridized carbons (Fsp3) is 0.857. The van der Waals surface area contributed by atoms with Gasteiger partial charge in [-0.05, 0) is 36.8 Å².